The third kappa shape index (κ3) is 28.7. The Morgan fingerprint density at radius 1 is 0.350 bits per heavy atom. The Morgan fingerprint density at radius 2 is 0.500 bits per heavy atom. The van der Waals surface area contributed by atoms with E-state index >= 15 is 0 Å². The van der Waals surface area contributed by atoms with Crippen LogP contribution in [-0.2, 0) is 0 Å². The second-order valence-electron chi connectivity index (χ2n) is 12.3. The molecule has 0 bridgehead atoms. The molecule has 0 saturated heterocycles. The molecule has 0 fully saturated rings. The maximum Gasteiger partial charge on any atom is 0.0786 e. The number of hydrogen-bond donors (Lipinski definition) is 0. The van der Waals surface area contributed by atoms with Crippen LogP contribution >= 0.6 is 0 Å². The number of carbonyl (C=O) groups excluding carboxylic acids is 1. The van der Waals surface area contributed by atoms with E-state index in [-0.39, 0.29) is 0 Å². The zero-order valence-electron chi connectivity index (χ0n) is 29.0. The van der Waals surface area contributed by atoms with E-state index in [0.717, 1.165) is 0 Å². The van der Waals surface area contributed by atoms with Crippen LogP contribution in [0.3, 0.4) is 0 Å². The summed E-state index contributed by atoms with van der Waals surface area (Å²) in [6, 6.07) is 0. The van der Waals surface area contributed by atoms with Gasteiger partial charge in [0.2, 0.25) is 0 Å². The van der Waals surface area contributed by atoms with Crippen molar-refractivity contribution in [2.24, 2.45) is 0 Å². The Balaban J connectivity index is -0.000000603. The van der Waals surface area contributed by atoms with Crippen molar-refractivity contribution in [3.8, 4) is 0 Å². The van der Waals surface area contributed by atoms with Gasteiger partial charge in [-0.15, -0.1) is 0 Å². The Hall–Kier alpha value is -0.810. The molecule has 0 spiro atoms. The first-order valence-electron chi connectivity index (χ1n) is 17.8. The molecular weight excluding hydrogens is 496 g/mol. The van der Waals surface area contributed by atoms with E-state index < -0.39 is 6.16 Å². The van der Waals surface area contributed by atoms with Gasteiger partial charge in [-0.3, -0.25) is 0 Å². The van der Waals surface area contributed by atoms with Crippen LogP contribution in [0.15, 0.2) is 0 Å². The van der Waals surface area contributed by atoms with Crippen LogP contribution in [-0.4, -0.2) is 67.5 Å². The molecule has 5 nitrogen and oxygen atoms in total. The fourth-order valence-corrected chi connectivity index (χ4v) is 5.70. The molecule has 0 rings (SSSR count). The topological polar surface area (TPSA) is 63.2 Å². The first-order chi connectivity index (χ1) is 19.2. The van der Waals surface area contributed by atoms with E-state index in [4.69, 9.17) is 15.0 Å². The predicted octanol–water partition coefficient (Wildman–Crippen LogP) is 8.34. The van der Waals surface area contributed by atoms with E-state index in [1.54, 1.807) is 0 Å². The molecule has 0 aliphatic heterocycles. The largest absolute Gasteiger partial charge is 0.652 e. The lowest BCUT2D eigenvalue weighted by Gasteiger charge is -2.39. The Bertz CT molecular complexity index is 413. The summed E-state index contributed by atoms with van der Waals surface area (Å²) < 4.78 is 2.85. The molecule has 0 unspecified atom stereocenters. The van der Waals surface area contributed by atoms with E-state index in [1.165, 1.54) is 177 Å². The summed E-state index contributed by atoms with van der Waals surface area (Å²) in [5.74, 6) is 0. The summed E-state index contributed by atoms with van der Waals surface area (Å²) in [4.78, 5) is 8.33. The lowest BCUT2D eigenvalue weighted by atomic mass is 10.1. The molecule has 0 saturated carbocycles. The number of quaternary nitrogens is 2. The molecule has 0 aliphatic carbocycles. The van der Waals surface area contributed by atoms with Crippen molar-refractivity contribution in [3.05, 3.63) is 0 Å². The molecule has 0 amide bonds. The van der Waals surface area contributed by atoms with Crippen LogP contribution in [0, 0.1) is 0 Å². The zero-order valence-corrected chi connectivity index (χ0v) is 29.0. The van der Waals surface area contributed by atoms with Crippen LogP contribution in [0.4, 0.5) is 4.79 Å². The van der Waals surface area contributed by atoms with Crippen LogP contribution in [0.2, 0.25) is 0 Å². The molecule has 244 valence electrons. The Labute approximate surface area is 253 Å². The lowest BCUT2D eigenvalue weighted by molar-refractivity contribution is -0.929. The monoisotopic (exact) mass is 573 g/mol. The normalized spacial score (nSPS) is 11.4. The van der Waals surface area contributed by atoms with Gasteiger partial charge in [-0.05, 0) is 70.4 Å². The highest BCUT2D eigenvalue weighted by atomic mass is 16.6. The summed E-state index contributed by atoms with van der Waals surface area (Å²) in [5.41, 5.74) is 0. The number of hydrogen-bond acceptors (Lipinski definition) is 3. The van der Waals surface area contributed by atoms with Crippen LogP contribution in [0.25, 0.3) is 0 Å². The highest BCUT2D eigenvalue weighted by Crippen LogP contribution is 2.18. The zero-order chi connectivity index (χ0) is 31.0. The van der Waals surface area contributed by atoms with Crippen LogP contribution in [0.1, 0.15) is 171 Å². The van der Waals surface area contributed by atoms with Crippen molar-refractivity contribution in [3.63, 3.8) is 0 Å². The first-order valence-corrected chi connectivity index (χ1v) is 17.8. The van der Waals surface area contributed by atoms with Gasteiger partial charge in [0, 0.05) is 0 Å². The molecular formula is C35H76N2O3. The third-order valence-electron chi connectivity index (χ3n) is 8.39. The van der Waals surface area contributed by atoms with Gasteiger partial charge in [-0.2, -0.15) is 0 Å². The average molecular weight is 573 g/mol. The third-order valence-corrected chi connectivity index (χ3v) is 8.39. The SMILES string of the molecule is CCCCC[N+](CCCC)(CCCC)CCCC.CCCCC[N+](CCCC)(CCCC)CCCC.O=C([O-])[O-]. The Kier molecular flexibility index (Phi) is 35.7. The second kappa shape index (κ2) is 32.7. The molecule has 0 aromatic carbocycles. The maximum absolute atomic E-state index is 8.33. The Morgan fingerprint density at radius 3 is 0.650 bits per heavy atom. The molecule has 0 heterocycles. The van der Waals surface area contributed by atoms with Crippen LogP contribution in [0.5, 0.6) is 0 Å². The molecule has 0 aromatic heterocycles. The minimum Gasteiger partial charge on any atom is -0.652 e. The van der Waals surface area contributed by atoms with Crippen molar-refractivity contribution in [1.82, 2.24) is 0 Å². The summed E-state index contributed by atoms with van der Waals surface area (Å²) >= 11 is 0. The standard InChI is InChI=1S/2C17H38N.CH2O3/c2*1-5-9-13-17-18(14-10-6-2,15-11-7-3)16-12-8-4;2-1(3)4/h2*5-17H2,1-4H3;(H2,2,3,4)/q2*+1;/p-2. The lowest BCUT2D eigenvalue weighted by Crippen LogP contribution is -2.50. The van der Waals surface area contributed by atoms with E-state index in [9.17, 15) is 0 Å². The smallest absolute Gasteiger partial charge is 0.0786 e. The maximum atomic E-state index is 8.33. The van der Waals surface area contributed by atoms with Gasteiger partial charge in [0.15, 0.2) is 0 Å². The quantitative estimate of drug-likeness (QED) is 0.0773. The highest BCUT2D eigenvalue weighted by molar-refractivity contribution is 5.47. The molecule has 0 atom stereocenters. The van der Waals surface area contributed by atoms with Crippen molar-refractivity contribution in [2.45, 2.75) is 171 Å². The van der Waals surface area contributed by atoms with E-state index in [2.05, 4.69) is 55.4 Å². The second-order valence-corrected chi connectivity index (χ2v) is 12.3. The van der Waals surface area contributed by atoms with Crippen molar-refractivity contribution < 1.29 is 24.0 Å². The van der Waals surface area contributed by atoms with Crippen molar-refractivity contribution in [2.75, 3.05) is 52.4 Å². The molecule has 0 aromatic rings. The predicted molar refractivity (Wildman–Crippen MR) is 173 cm³/mol. The van der Waals surface area contributed by atoms with E-state index in [0.29, 0.717) is 0 Å². The van der Waals surface area contributed by atoms with Gasteiger partial charge in [0.25, 0.3) is 0 Å². The number of unbranched alkanes of at least 4 members (excludes halogenated alkanes) is 10. The number of rotatable bonds is 26. The van der Waals surface area contributed by atoms with Gasteiger partial charge < -0.3 is 24.0 Å². The summed E-state index contributed by atoms with van der Waals surface area (Å²) in [5, 5.41) is 16.7. The summed E-state index contributed by atoms with van der Waals surface area (Å²) in [6.07, 6.45) is 22.7. The van der Waals surface area contributed by atoms with E-state index in [1.807, 2.05) is 0 Å². The fourth-order valence-electron chi connectivity index (χ4n) is 5.70. The fraction of sp³-hybridized carbons (Fsp3) is 0.971. The minimum atomic E-state index is -2.33. The highest BCUT2D eigenvalue weighted by Gasteiger charge is 2.25. The number of carboxylic acid groups (broad SMARTS) is 2. The van der Waals surface area contributed by atoms with Gasteiger partial charge in [-0.25, -0.2) is 0 Å². The van der Waals surface area contributed by atoms with Crippen molar-refractivity contribution in [1.29, 1.82) is 0 Å². The van der Waals surface area contributed by atoms with Gasteiger partial charge in [0.05, 0.1) is 52.4 Å². The molecule has 40 heavy (non-hydrogen) atoms. The summed E-state index contributed by atoms with van der Waals surface area (Å²) in [7, 11) is 0. The average Bonchev–Trinajstić information content (AvgIpc) is 2.94. The van der Waals surface area contributed by atoms with Crippen molar-refractivity contribution >= 4 is 6.16 Å². The first kappa shape index (κ1) is 43.6. The van der Waals surface area contributed by atoms with Gasteiger partial charge in [0.1, 0.15) is 0 Å². The van der Waals surface area contributed by atoms with Gasteiger partial charge in [-0.1, -0.05) is 107 Å². The van der Waals surface area contributed by atoms with Gasteiger partial charge >= 0.3 is 0 Å². The minimum absolute atomic E-state index is 1.35. The molecule has 0 radical (unpaired) electrons. The molecule has 0 aliphatic rings. The number of carbonyl (C=O) groups is 1. The molecule has 5 heteroatoms. The number of nitrogens with zero attached hydrogens (tertiary/aromatic N) is 2. The van der Waals surface area contributed by atoms with Crippen LogP contribution < -0.4 is 10.2 Å². The summed E-state index contributed by atoms with van der Waals surface area (Å²) in [6.45, 7) is 30.1. The molecule has 0 N–H and O–H groups in total.